The molecule has 2 aromatic rings. The molecule has 1 aromatic heterocycles. The van der Waals surface area contributed by atoms with Gasteiger partial charge in [0.2, 0.25) is 5.91 Å². The van der Waals surface area contributed by atoms with Crippen LogP contribution in [0.1, 0.15) is 34.6 Å². The maximum atomic E-state index is 12.7. The fourth-order valence-electron chi connectivity index (χ4n) is 2.94. The van der Waals surface area contributed by atoms with Gasteiger partial charge in [-0.2, -0.15) is 0 Å². The highest BCUT2D eigenvalue weighted by molar-refractivity contribution is 5.97. The van der Waals surface area contributed by atoms with Crippen LogP contribution in [-0.4, -0.2) is 39.8 Å². The van der Waals surface area contributed by atoms with Gasteiger partial charge < -0.3 is 10.6 Å². The van der Waals surface area contributed by atoms with Crippen LogP contribution in [0.25, 0.3) is 11.0 Å². The molecule has 2 heterocycles. The smallest absolute Gasteiger partial charge is 0.253 e. The highest BCUT2D eigenvalue weighted by Gasteiger charge is 2.27. The van der Waals surface area contributed by atoms with Crippen molar-refractivity contribution in [3.05, 3.63) is 35.2 Å². The van der Waals surface area contributed by atoms with Gasteiger partial charge in [-0.25, -0.2) is 9.97 Å². The number of hydrogen-bond acceptors (Lipinski definition) is 4. The number of fused-ring (bicyclic) bond motifs is 1. The van der Waals surface area contributed by atoms with Crippen LogP contribution >= 0.6 is 0 Å². The monoisotopic (exact) mass is 312 g/mol. The van der Waals surface area contributed by atoms with Gasteiger partial charge in [-0.3, -0.25) is 9.59 Å². The minimum atomic E-state index is -0.335. The molecular formula is C17H20N4O2. The molecule has 3 rings (SSSR count). The molecule has 0 unspecified atom stereocenters. The number of rotatable bonds is 2. The van der Waals surface area contributed by atoms with Crippen molar-refractivity contribution in [1.29, 1.82) is 0 Å². The zero-order valence-corrected chi connectivity index (χ0v) is 13.4. The fraction of sp³-hybridized carbons (Fsp3) is 0.412. The molecule has 1 aliphatic heterocycles. The second kappa shape index (κ2) is 5.95. The Labute approximate surface area is 134 Å². The summed E-state index contributed by atoms with van der Waals surface area (Å²) in [5.41, 5.74) is 9.18. The molecule has 0 spiro atoms. The summed E-state index contributed by atoms with van der Waals surface area (Å²) in [4.78, 5) is 34.7. The number of hydrogen-bond donors (Lipinski definition) is 1. The normalized spacial score (nSPS) is 18.2. The zero-order valence-electron chi connectivity index (χ0n) is 13.4. The summed E-state index contributed by atoms with van der Waals surface area (Å²) in [5.74, 6) is -0.673. The molecule has 1 saturated heterocycles. The molecule has 2 amide bonds. The largest absolute Gasteiger partial charge is 0.369 e. The average molecular weight is 312 g/mol. The van der Waals surface area contributed by atoms with Crippen molar-refractivity contribution >= 4 is 22.8 Å². The second-order valence-corrected chi connectivity index (χ2v) is 6.09. The number of likely N-dealkylation sites (tertiary alicyclic amines) is 1. The van der Waals surface area contributed by atoms with Gasteiger partial charge in [-0.1, -0.05) is 0 Å². The standard InChI is InChI=1S/C17H20N4O2/c1-10-11(2)20-15-8-12(5-6-14(15)19-10)17(23)21-7-3-4-13(9-21)16(18)22/h5-6,8,13H,3-4,7,9H2,1-2H3,(H2,18,22)/t13-/m1/s1. The van der Waals surface area contributed by atoms with Crippen LogP contribution in [0.4, 0.5) is 0 Å². The number of aromatic nitrogens is 2. The number of amides is 2. The Hall–Kier alpha value is -2.50. The minimum absolute atomic E-state index is 0.0853. The molecule has 1 aromatic carbocycles. The lowest BCUT2D eigenvalue weighted by Gasteiger charge is -2.31. The number of piperidine rings is 1. The lowest BCUT2D eigenvalue weighted by atomic mass is 9.97. The van der Waals surface area contributed by atoms with Crippen LogP contribution in [-0.2, 0) is 4.79 Å². The molecule has 2 N–H and O–H groups in total. The third kappa shape index (κ3) is 3.02. The Balaban J connectivity index is 1.88. The number of nitrogens with two attached hydrogens (primary N) is 1. The Bertz CT molecular complexity index is 788. The number of carbonyl (C=O) groups excluding carboxylic acids is 2. The lowest BCUT2D eigenvalue weighted by Crippen LogP contribution is -2.44. The number of aryl methyl sites for hydroxylation is 2. The molecule has 0 aliphatic carbocycles. The van der Waals surface area contributed by atoms with Crippen LogP contribution in [0.2, 0.25) is 0 Å². The van der Waals surface area contributed by atoms with Gasteiger partial charge in [0.05, 0.1) is 28.3 Å². The summed E-state index contributed by atoms with van der Waals surface area (Å²) in [6, 6.07) is 5.35. The first kappa shape index (κ1) is 15.4. The van der Waals surface area contributed by atoms with E-state index in [-0.39, 0.29) is 17.7 Å². The van der Waals surface area contributed by atoms with Gasteiger partial charge in [-0.05, 0) is 44.9 Å². The summed E-state index contributed by atoms with van der Waals surface area (Å²) >= 11 is 0. The highest BCUT2D eigenvalue weighted by Crippen LogP contribution is 2.20. The van der Waals surface area contributed by atoms with Gasteiger partial charge in [0, 0.05) is 18.7 Å². The maximum absolute atomic E-state index is 12.7. The van der Waals surface area contributed by atoms with E-state index in [0.29, 0.717) is 24.2 Å². The van der Waals surface area contributed by atoms with Gasteiger partial charge in [0.15, 0.2) is 0 Å². The van der Waals surface area contributed by atoms with Gasteiger partial charge in [0.25, 0.3) is 5.91 Å². The van der Waals surface area contributed by atoms with E-state index in [1.54, 1.807) is 17.0 Å². The summed E-state index contributed by atoms with van der Waals surface area (Å²) in [7, 11) is 0. The Morgan fingerprint density at radius 2 is 1.87 bits per heavy atom. The van der Waals surface area contributed by atoms with E-state index >= 15 is 0 Å². The Morgan fingerprint density at radius 3 is 2.57 bits per heavy atom. The van der Waals surface area contributed by atoms with Crippen molar-refractivity contribution in [3.63, 3.8) is 0 Å². The first-order valence-corrected chi connectivity index (χ1v) is 7.79. The van der Waals surface area contributed by atoms with Crippen molar-refractivity contribution in [3.8, 4) is 0 Å². The van der Waals surface area contributed by atoms with Crippen molar-refractivity contribution < 1.29 is 9.59 Å². The fourth-order valence-corrected chi connectivity index (χ4v) is 2.94. The Morgan fingerprint density at radius 1 is 1.17 bits per heavy atom. The van der Waals surface area contributed by atoms with E-state index in [9.17, 15) is 9.59 Å². The molecule has 6 nitrogen and oxygen atoms in total. The summed E-state index contributed by atoms with van der Waals surface area (Å²) in [6.45, 7) is 4.86. The van der Waals surface area contributed by atoms with Crippen LogP contribution in [0.3, 0.4) is 0 Å². The molecule has 1 aliphatic rings. The number of benzene rings is 1. The Kier molecular flexibility index (Phi) is 3.98. The molecule has 0 saturated carbocycles. The van der Waals surface area contributed by atoms with E-state index in [4.69, 9.17) is 5.73 Å². The third-order valence-electron chi connectivity index (χ3n) is 4.43. The SMILES string of the molecule is Cc1nc2ccc(C(=O)N3CCC[C@@H](C(N)=O)C3)cc2nc1C. The van der Waals surface area contributed by atoms with Crippen LogP contribution < -0.4 is 5.73 Å². The minimum Gasteiger partial charge on any atom is -0.369 e. The molecule has 23 heavy (non-hydrogen) atoms. The summed E-state index contributed by atoms with van der Waals surface area (Å²) in [5, 5.41) is 0. The lowest BCUT2D eigenvalue weighted by molar-refractivity contribution is -0.123. The van der Waals surface area contributed by atoms with Crippen LogP contribution in [0.15, 0.2) is 18.2 Å². The second-order valence-electron chi connectivity index (χ2n) is 6.09. The highest BCUT2D eigenvalue weighted by atomic mass is 16.2. The summed E-state index contributed by atoms with van der Waals surface area (Å²) < 4.78 is 0. The molecule has 0 bridgehead atoms. The quantitative estimate of drug-likeness (QED) is 0.912. The zero-order chi connectivity index (χ0) is 16.6. The molecule has 6 heteroatoms. The maximum Gasteiger partial charge on any atom is 0.253 e. The molecular weight excluding hydrogens is 292 g/mol. The first-order chi connectivity index (χ1) is 11.0. The van der Waals surface area contributed by atoms with E-state index in [1.807, 2.05) is 19.9 Å². The van der Waals surface area contributed by atoms with E-state index in [1.165, 1.54) is 0 Å². The number of primary amides is 1. The predicted molar refractivity (Wildman–Crippen MR) is 86.8 cm³/mol. The van der Waals surface area contributed by atoms with Crippen molar-refractivity contribution in [2.75, 3.05) is 13.1 Å². The molecule has 120 valence electrons. The molecule has 1 fully saturated rings. The van der Waals surface area contributed by atoms with E-state index < -0.39 is 0 Å². The van der Waals surface area contributed by atoms with E-state index in [2.05, 4.69) is 9.97 Å². The van der Waals surface area contributed by atoms with Crippen LogP contribution in [0.5, 0.6) is 0 Å². The molecule has 1 atom stereocenters. The topological polar surface area (TPSA) is 89.2 Å². The van der Waals surface area contributed by atoms with Gasteiger partial charge >= 0.3 is 0 Å². The van der Waals surface area contributed by atoms with E-state index in [0.717, 1.165) is 29.7 Å². The van der Waals surface area contributed by atoms with Gasteiger partial charge in [-0.15, -0.1) is 0 Å². The van der Waals surface area contributed by atoms with Crippen molar-refractivity contribution in [2.45, 2.75) is 26.7 Å². The molecule has 0 radical (unpaired) electrons. The van der Waals surface area contributed by atoms with Gasteiger partial charge in [0.1, 0.15) is 0 Å². The predicted octanol–water partition coefficient (Wildman–Crippen LogP) is 1.58. The average Bonchev–Trinajstić information content (AvgIpc) is 2.55. The number of carbonyl (C=O) groups is 2. The third-order valence-corrected chi connectivity index (χ3v) is 4.43. The van der Waals surface area contributed by atoms with Crippen molar-refractivity contribution in [1.82, 2.24) is 14.9 Å². The number of nitrogens with zero attached hydrogens (tertiary/aromatic N) is 3. The van der Waals surface area contributed by atoms with Crippen molar-refractivity contribution in [2.24, 2.45) is 11.7 Å². The first-order valence-electron chi connectivity index (χ1n) is 7.79. The summed E-state index contributed by atoms with van der Waals surface area (Å²) in [6.07, 6.45) is 1.55. The van der Waals surface area contributed by atoms with Crippen LogP contribution in [0, 0.1) is 19.8 Å².